The minimum absolute atomic E-state index is 0.183. The first-order valence-electron chi connectivity index (χ1n) is 2.65. The van der Waals surface area contributed by atoms with Crippen LogP contribution in [0.15, 0.2) is 10.4 Å². The van der Waals surface area contributed by atoms with E-state index in [2.05, 4.69) is 19.8 Å². The van der Waals surface area contributed by atoms with Crippen molar-refractivity contribution in [2.45, 2.75) is 0 Å². The van der Waals surface area contributed by atoms with Crippen LogP contribution in [-0.4, -0.2) is 26.7 Å². The molecular weight excluding hydrogens is 140 g/mol. The summed E-state index contributed by atoms with van der Waals surface area (Å²) in [6.07, 6.45) is 0. The largest absolute Gasteiger partial charge is 0.353 e. The van der Waals surface area contributed by atoms with Gasteiger partial charge in [-0.15, -0.1) is 9.81 Å². The van der Waals surface area contributed by atoms with Crippen molar-refractivity contribution >= 4 is 0 Å². The first-order chi connectivity index (χ1) is 4.91. The predicted molar refractivity (Wildman–Crippen MR) is 33.2 cm³/mol. The van der Waals surface area contributed by atoms with E-state index in [0.717, 1.165) is 0 Å². The number of ether oxygens (including phenoxy) is 2. The average molecular weight is 148 g/mol. The van der Waals surface area contributed by atoms with Crippen molar-refractivity contribution in [3.05, 3.63) is 9.81 Å². The summed E-state index contributed by atoms with van der Waals surface area (Å²) in [6.45, 7) is 0.137. The molecule has 0 N–H and O–H groups in total. The van der Waals surface area contributed by atoms with E-state index in [1.807, 2.05) is 0 Å². The van der Waals surface area contributed by atoms with Gasteiger partial charge in [0.2, 0.25) is 0 Å². The van der Waals surface area contributed by atoms with E-state index in [-0.39, 0.29) is 26.7 Å². The highest BCUT2D eigenvalue weighted by molar-refractivity contribution is 4.29. The van der Waals surface area contributed by atoms with E-state index in [4.69, 9.17) is 0 Å². The molecule has 0 heterocycles. The van der Waals surface area contributed by atoms with Crippen LogP contribution in [0.5, 0.6) is 0 Å². The third kappa shape index (κ3) is 7.12. The summed E-state index contributed by atoms with van der Waals surface area (Å²) in [5, 5.41) is 4.88. The Morgan fingerprint density at radius 1 is 0.900 bits per heavy atom. The number of nitrogens with zero attached hydrogens (tertiary/aromatic N) is 2. The molecule has 0 saturated carbocycles. The van der Waals surface area contributed by atoms with E-state index in [1.165, 1.54) is 0 Å². The first kappa shape index (κ1) is 9.12. The zero-order chi connectivity index (χ0) is 7.66. The Kier molecular flexibility index (Phi) is 7.41. The quantitative estimate of drug-likeness (QED) is 0.388. The van der Waals surface area contributed by atoms with Crippen LogP contribution in [0, 0.1) is 9.81 Å². The highest BCUT2D eigenvalue weighted by Gasteiger charge is 1.86. The molecule has 0 amide bonds. The Bertz CT molecular complexity index is 85.3. The van der Waals surface area contributed by atoms with Gasteiger partial charge >= 0.3 is 0 Å². The van der Waals surface area contributed by atoms with E-state index in [9.17, 15) is 9.81 Å². The van der Waals surface area contributed by atoms with Gasteiger partial charge in [-0.3, -0.25) is 0 Å². The standard InChI is InChI=1S/C4H8N2O4/c7-5-3-9-1-2-10-4-6-8/h1-4H2. The van der Waals surface area contributed by atoms with E-state index >= 15 is 0 Å². The van der Waals surface area contributed by atoms with Crippen molar-refractivity contribution in [2.75, 3.05) is 26.7 Å². The number of rotatable bonds is 7. The average Bonchev–Trinajstić information content (AvgIpc) is 1.97. The van der Waals surface area contributed by atoms with Crippen LogP contribution in [0.2, 0.25) is 0 Å². The van der Waals surface area contributed by atoms with E-state index in [1.54, 1.807) is 0 Å². The summed E-state index contributed by atoms with van der Waals surface area (Å²) >= 11 is 0. The van der Waals surface area contributed by atoms with Gasteiger partial charge < -0.3 is 9.47 Å². The lowest BCUT2D eigenvalue weighted by molar-refractivity contribution is 0.0533. The van der Waals surface area contributed by atoms with Crippen molar-refractivity contribution in [3.8, 4) is 0 Å². The minimum Gasteiger partial charge on any atom is -0.353 e. The zero-order valence-electron chi connectivity index (χ0n) is 5.36. The molecule has 0 aromatic rings. The summed E-state index contributed by atoms with van der Waals surface area (Å²) in [6, 6.07) is 0. The Morgan fingerprint density at radius 2 is 1.30 bits per heavy atom. The molecule has 6 heteroatoms. The lowest BCUT2D eigenvalue weighted by atomic mass is 10.8. The summed E-state index contributed by atoms with van der Waals surface area (Å²) in [5.74, 6) is 0. The molecule has 0 fully saturated rings. The van der Waals surface area contributed by atoms with Crippen molar-refractivity contribution in [2.24, 2.45) is 10.4 Å². The second kappa shape index (κ2) is 8.12. The van der Waals surface area contributed by atoms with Crippen molar-refractivity contribution in [1.82, 2.24) is 0 Å². The summed E-state index contributed by atoms with van der Waals surface area (Å²) in [4.78, 5) is 18.8. The highest BCUT2D eigenvalue weighted by atomic mass is 16.5. The fourth-order valence-electron chi connectivity index (χ4n) is 0.321. The number of hydrogen-bond acceptors (Lipinski definition) is 6. The summed E-state index contributed by atoms with van der Waals surface area (Å²) in [5.41, 5.74) is 0. The molecule has 0 aliphatic rings. The second-order valence-corrected chi connectivity index (χ2v) is 1.33. The van der Waals surface area contributed by atoms with Crippen LogP contribution in [0.1, 0.15) is 0 Å². The zero-order valence-corrected chi connectivity index (χ0v) is 5.36. The van der Waals surface area contributed by atoms with Crippen molar-refractivity contribution in [1.29, 1.82) is 0 Å². The Balaban J connectivity index is 2.76. The van der Waals surface area contributed by atoms with Crippen LogP contribution < -0.4 is 0 Å². The summed E-state index contributed by atoms with van der Waals surface area (Å²) < 4.78 is 9.16. The molecule has 0 aliphatic carbocycles. The maximum Gasteiger partial charge on any atom is 0.179 e. The van der Waals surface area contributed by atoms with Crippen LogP contribution in [0.3, 0.4) is 0 Å². The normalized spacial score (nSPS) is 9.20. The lowest BCUT2D eigenvalue weighted by Crippen LogP contribution is -2.03. The Hall–Kier alpha value is -0.880. The topological polar surface area (TPSA) is 77.3 Å². The molecule has 0 aliphatic heterocycles. The molecule has 0 spiro atoms. The third-order valence-corrected chi connectivity index (χ3v) is 0.660. The Morgan fingerprint density at radius 3 is 1.60 bits per heavy atom. The molecule has 58 valence electrons. The second-order valence-electron chi connectivity index (χ2n) is 1.33. The smallest absolute Gasteiger partial charge is 0.179 e. The van der Waals surface area contributed by atoms with Crippen LogP contribution >= 0.6 is 0 Å². The maximum absolute atomic E-state index is 9.41. The van der Waals surface area contributed by atoms with Gasteiger partial charge in [0.1, 0.15) is 0 Å². The Labute approximate surface area is 57.5 Å². The SMILES string of the molecule is O=NCOCCOCN=O. The van der Waals surface area contributed by atoms with Gasteiger partial charge in [0.15, 0.2) is 13.5 Å². The molecule has 6 nitrogen and oxygen atoms in total. The van der Waals surface area contributed by atoms with E-state index < -0.39 is 0 Å². The number of nitroso groups, excluding NO2 is 2. The molecule has 0 unspecified atom stereocenters. The molecule has 0 bridgehead atoms. The highest BCUT2D eigenvalue weighted by Crippen LogP contribution is 1.78. The molecule has 0 atom stereocenters. The third-order valence-electron chi connectivity index (χ3n) is 0.660. The van der Waals surface area contributed by atoms with E-state index in [0.29, 0.717) is 0 Å². The molecule has 10 heavy (non-hydrogen) atoms. The maximum atomic E-state index is 9.41. The van der Waals surface area contributed by atoms with Gasteiger partial charge in [-0.2, -0.15) is 0 Å². The molecule has 0 radical (unpaired) electrons. The van der Waals surface area contributed by atoms with Crippen LogP contribution in [0.25, 0.3) is 0 Å². The molecule has 0 saturated heterocycles. The van der Waals surface area contributed by atoms with Gasteiger partial charge in [-0.25, -0.2) is 0 Å². The van der Waals surface area contributed by atoms with Gasteiger partial charge in [0.05, 0.1) is 13.2 Å². The van der Waals surface area contributed by atoms with Gasteiger partial charge in [0, 0.05) is 0 Å². The lowest BCUT2D eigenvalue weighted by Gasteiger charge is -1.97. The first-order valence-corrected chi connectivity index (χ1v) is 2.65. The molecule has 0 rings (SSSR count). The molecular formula is C4H8N2O4. The predicted octanol–water partition coefficient (Wildman–Crippen LogP) is 0.467. The molecule has 0 aromatic carbocycles. The minimum atomic E-state index is -0.183. The fraction of sp³-hybridized carbons (Fsp3) is 1.00. The van der Waals surface area contributed by atoms with Crippen molar-refractivity contribution in [3.63, 3.8) is 0 Å². The van der Waals surface area contributed by atoms with Crippen LogP contribution in [-0.2, 0) is 9.47 Å². The number of hydrogen-bond donors (Lipinski definition) is 0. The van der Waals surface area contributed by atoms with Crippen LogP contribution in [0.4, 0.5) is 0 Å². The summed E-state index contributed by atoms with van der Waals surface area (Å²) in [7, 11) is 0. The van der Waals surface area contributed by atoms with Gasteiger partial charge in [-0.05, 0) is 10.4 Å². The van der Waals surface area contributed by atoms with Gasteiger partial charge in [0.25, 0.3) is 0 Å². The monoisotopic (exact) mass is 148 g/mol. The van der Waals surface area contributed by atoms with Crippen molar-refractivity contribution < 1.29 is 9.47 Å². The van der Waals surface area contributed by atoms with Gasteiger partial charge in [-0.1, -0.05) is 0 Å². The molecule has 0 aromatic heterocycles. The fourth-order valence-corrected chi connectivity index (χ4v) is 0.321.